The molecule has 0 aliphatic carbocycles. The first kappa shape index (κ1) is 18.8. The van der Waals surface area contributed by atoms with E-state index in [1.807, 2.05) is 29.8 Å². The fourth-order valence-corrected chi connectivity index (χ4v) is 4.91. The van der Waals surface area contributed by atoms with Crippen molar-refractivity contribution in [2.75, 3.05) is 6.54 Å². The van der Waals surface area contributed by atoms with Crippen LogP contribution in [0.5, 0.6) is 0 Å². The largest absolute Gasteiger partial charge is 0.349 e. The number of hydrogen-bond acceptors (Lipinski definition) is 6. The number of thiophene rings is 1. The number of nitrogens with zero attached hydrogens (tertiary/aromatic N) is 4. The van der Waals surface area contributed by atoms with Crippen molar-refractivity contribution in [3.8, 4) is 9.88 Å². The Bertz CT molecular complexity index is 963. The van der Waals surface area contributed by atoms with Crippen LogP contribution in [0.1, 0.15) is 35.9 Å². The molecule has 1 saturated heterocycles. The van der Waals surface area contributed by atoms with Gasteiger partial charge in [-0.1, -0.05) is 6.07 Å². The van der Waals surface area contributed by atoms with Crippen molar-refractivity contribution < 1.29 is 9.59 Å². The van der Waals surface area contributed by atoms with Crippen LogP contribution in [-0.4, -0.2) is 44.1 Å². The van der Waals surface area contributed by atoms with Crippen LogP contribution in [0.3, 0.4) is 0 Å². The molecule has 0 bridgehead atoms. The molecule has 9 heteroatoms. The number of aryl methyl sites for hydroxylation is 1. The molecule has 1 atom stereocenters. The van der Waals surface area contributed by atoms with E-state index in [1.54, 1.807) is 44.5 Å². The summed E-state index contributed by atoms with van der Waals surface area (Å²) in [5, 5.41) is 12.2. The maximum absolute atomic E-state index is 12.8. The normalized spacial score (nSPS) is 16.5. The Morgan fingerprint density at radius 1 is 1.32 bits per heavy atom. The molecule has 146 valence electrons. The minimum atomic E-state index is -0.449. The number of rotatable bonds is 6. The number of likely N-dealkylation sites (tertiary alicyclic amines) is 1. The van der Waals surface area contributed by atoms with Gasteiger partial charge in [-0.3, -0.25) is 14.3 Å². The highest BCUT2D eigenvalue weighted by Crippen LogP contribution is 2.27. The molecular formula is C19H21N5O2S2. The summed E-state index contributed by atoms with van der Waals surface area (Å²) in [6.45, 7) is 3.62. The first-order valence-electron chi connectivity index (χ1n) is 9.26. The maximum Gasteiger partial charge on any atom is 0.275 e. The van der Waals surface area contributed by atoms with Crippen LogP contribution in [0.25, 0.3) is 9.88 Å². The average Bonchev–Trinajstić information content (AvgIpc) is 3.50. The van der Waals surface area contributed by atoms with Gasteiger partial charge in [0, 0.05) is 24.7 Å². The molecule has 7 nitrogen and oxygen atoms in total. The predicted octanol–water partition coefficient (Wildman–Crippen LogP) is 3.01. The average molecular weight is 416 g/mol. The molecule has 4 rings (SSSR count). The van der Waals surface area contributed by atoms with Crippen LogP contribution >= 0.6 is 22.7 Å². The summed E-state index contributed by atoms with van der Waals surface area (Å²) >= 11 is 3.22. The fraction of sp³-hybridized carbons (Fsp3) is 0.368. The van der Waals surface area contributed by atoms with Crippen molar-refractivity contribution in [2.45, 2.75) is 38.9 Å². The van der Waals surface area contributed by atoms with Crippen molar-refractivity contribution >= 4 is 34.5 Å². The second kappa shape index (κ2) is 8.24. The Labute approximate surface area is 171 Å². The summed E-state index contributed by atoms with van der Waals surface area (Å²) in [5.74, 6) is -0.315. The highest BCUT2D eigenvalue weighted by Gasteiger charge is 2.35. The van der Waals surface area contributed by atoms with Crippen LogP contribution in [0.2, 0.25) is 0 Å². The van der Waals surface area contributed by atoms with Crippen molar-refractivity contribution in [1.82, 2.24) is 25.0 Å². The molecule has 1 fully saturated rings. The van der Waals surface area contributed by atoms with Gasteiger partial charge in [-0.15, -0.1) is 22.7 Å². The third-order valence-corrected chi connectivity index (χ3v) is 6.66. The quantitative estimate of drug-likeness (QED) is 0.671. The number of carbonyl (C=O) groups is 2. The highest BCUT2D eigenvalue weighted by molar-refractivity contribution is 7.20. The van der Waals surface area contributed by atoms with Crippen LogP contribution in [0.15, 0.2) is 35.2 Å². The van der Waals surface area contributed by atoms with Gasteiger partial charge in [-0.05, 0) is 37.3 Å². The van der Waals surface area contributed by atoms with E-state index in [2.05, 4.69) is 15.4 Å². The van der Waals surface area contributed by atoms with E-state index < -0.39 is 6.04 Å². The van der Waals surface area contributed by atoms with Gasteiger partial charge >= 0.3 is 0 Å². The summed E-state index contributed by atoms with van der Waals surface area (Å²) in [6.07, 6.45) is 3.27. The number of amides is 2. The van der Waals surface area contributed by atoms with Crippen molar-refractivity contribution in [3.63, 3.8) is 0 Å². The van der Waals surface area contributed by atoms with Crippen LogP contribution < -0.4 is 5.32 Å². The molecule has 1 N–H and O–H groups in total. The van der Waals surface area contributed by atoms with E-state index in [4.69, 9.17) is 0 Å². The lowest BCUT2D eigenvalue weighted by atomic mass is 10.2. The van der Waals surface area contributed by atoms with Gasteiger partial charge in [0.25, 0.3) is 5.91 Å². The zero-order valence-electron chi connectivity index (χ0n) is 15.5. The van der Waals surface area contributed by atoms with Gasteiger partial charge in [0.05, 0.1) is 17.1 Å². The van der Waals surface area contributed by atoms with Gasteiger partial charge < -0.3 is 10.2 Å². The lowest BCUT2D eigenvalue weighted by molar-refractivity contribution is -0.125. The van der Waals surface area contributed by atoms with Crippen molar-refractivity contribution in [1.29, 1.82) is 0 Å². The Hall–Kier alpha value is -2.52. The Balaban J connectivity index is 1.37. The highest BCUT2D eigenvalue weighted by atomic mass is 32.1. The topological polar surface area (TPSA) is 80.1 Å². The van der Waals surface area contributed by atoms with Gasteiger partial charge in [-0.2, -0.15) is 5.10 Å². The third-order valence-electron chi connectivity index (χ3n) is 4.73. The third kappa shape index (κ3) is 3.85. The zero-order valence-corrected chi connectivity index (χ0v) is 17.1. The number of thiazole rings is 1. The summed E-state index contributed by atoms with van der Waals surface area (Å²) in [4.78, 5) is 32.8. The van der Waals surface area contributed by atoms with E-state index in [0.29, 0.717) is 31.7 Å². The second-order valence-corrected chi connectivity index (χ2v) is 8.36. The van der Waals surface area contributed by atoms with E-state index in [0.717, 1.165) is 22.0 Å². The van der Waals surface area contributed by atoms with Gasteiger partial charge in [0.15, 0.2) is 0 Å². The van der Waals surface area contributed by atoms with E-state index in [-0.39, 0.29) is 11.8 Å². The molecule has 3 aromatic rings. The van der Waals surface area contributed by atoms with Crippen molar-refractivity contribution in [2.24, 2.45) is 0 Å². The maximum atomic E-state index is 12.8. The lowest BCUT2D eigenvalue weighted by Gasteiger charge is -2.23. The summed E-state index contributed by atoms with van der Waals surface area (Å²) in [6, 6.07) is 5.29. The second-order valence-electron chi connectivity index (χ2n) is 6.55. The predicted molar refractivity (Wildman–Crippen MR) is 109 cm³/mol. The molecular weight excluding hydrogens is 394 g/mol. The number of hydrogen-bond donors (Lipinski definition) is 1. The Morgan fingerprint density at radius 2 is 2.21 bits per heavy atom. The minimum Gasteiger partial charge on any atom is -0.349 e. The number of aromatic nitrogens is 3. The zero-order chi connectivity index (χ0) is 19.5. The number of nitrogens with one attached hydrogen (secondary N) is 1. The van der Waals surface area contributed by atoms with Crippen LogP contribution in [-0.2, 0) is 17.9 Å². The van der Waals surface area contributed by atoms with E-state index in [9.17, 15) is 9.59 Å². The standard InChI is InChI=1S/C19H21N5O2S2/c1-2-23-9-7-14(22-23)19(26)24-8-3-5-15(24)17(25)20-11-13-12-28-18(21-13)16-6-4-10-27-16/h4,6-7,9-10,12,15H,2-3,5,8,11H2,1H3,(H,20,25). The number of carbonyl (C=O) groups excluding carboxylic acids is 2. The van der Waals surface area contributed by atoms with Crippen LogP contribution in [0.4, 0.5) is 0 Å². The Kier molecular flexibility index (Phi) is 5.54. The molecule has 1 aliphatic heterocycles. The molecule has 3 aromatic heterocycles. The van der Waals surface area contributed by atoms with E-state index >= 15 is 0 Å². The molecule has 0 spiro atoms. The molecule has 0 radical (unpaired) electrons. The smallest absolute Gasteiger partial charge is 0.275 e. The molecule has 1 aliphatic rings. The molecule has 4 heterocycles. The van der Waals surface area contributed by atoms with Crippen molar-refractivity contribution in [3.05, 3.63) is 46.5 Å². The summed E-state index contributed by atoms with van der Waals surface area (Å²) in [5.41, 5.74) is 1.22. The van der Waals surface area contributed by atoms with Gasteiger partial charge in [-0.25, -0.2) is 4.98 Å². The van der Waals surface area contributed by atoms with E-state index in [1.165, 1.54) is 0 Å². The molecule has 2 amide bonds. The molecule has 0 aromatic carbocycles. The first-order chi connectivity index (χ1) is 13.7. The van der Waals surface area contributed by atoms with Gasteiger partial charge in [0.2, 0.25) is 5.91 Å². The monoisotopic (exact) mass is 415 g/mol. The first-order valence-corrected chi connectivity index (χ1v) is 11.0. The molecule has 1 unspecified atom stereocenters. The minimum absolute atomic E-state index is 0.133. The Morgan fingerprint density at radius 3 is 2.96 bits per heavy atom. The molecule has 28 heavy (non-hydrogen) atoms. The fourth-order valence-electron chi connectivity index (χ4n) is 3.28. The van der Waals surface area contributed by atoms with Crippen LogP contribution in [0, 0.1) is 0 Å². The lowest BCUT2D eigenvalue weighted by Crippen LogP contribution is -2.45. The van der Waals surface area contributed by atoms with Gasteiger partial charge in [0.1, 0.15) is 16.7 Å². The summed E-state index contributed by atoms with van der Waals surface area (Å²) < 4.78 is 1.71. The molecule has 0 saturated carbocycles. The SMILES string of the molecule is CCn1ccc(C(=O)N2CCCC2C(=O)NCc2csc(-c3cccs3)n2)n1. The summed E-state index contributed by atoms with van der Waals surface area (Å²) in [7, 11) is 0.